The predicted octanol–water partition coefficient (Wildman–Crippen LogP) is 3.76. The predicted molar refractivity (Wildman–Crippen MR) is 72.1 cm³/mol. The molecule has 0 aliphatic carbocycles. The maximum atomic E-state index is 13.1. The Morgan fingerprint density at radius 1 is 1.40 bits per heavy atom. The van der Waals surface area contributed by atoms with Crippen LogP contribution in [0.4, 0.5) is 18.9 Å². The molecule has 104 valence electrons. The van der Waals surface area contributed by atoms with Crippen molar-refractivity contribution in [3.63, 3.8) is 0 Å². The molecular formula is C13H10F3N3S. The fourth-order valence-corrected chi connectivity index (χ4v) is 1.96. The third-order valence-corrected chi connectivity index (χ3v) is 2.95. The first-order chi connectivity index (χ1) is 9.41. The Kier molecular flexibility index (Phi) is 4.01. The summed E-state index contributed by atoms with van der Waals surface area (Å²) in [5.41, 5.74) is 0.289. The molecule has 0 spiro atoms. The Hall–Kier alpha value is -1.98. The second kappa shape index (κ2) is 5.56. The zero-order chi connectivity index (χ0) is 14.8. The van der Waals surface area contributed by atoms with Crippen LogP contribution in [0, 0.1) is 0 Å². The number of aliphatic imine (C=N–C) groups is 1. The van der Waals surface area contributed by atoms with Crippen LogP contribution in [-0.4, -0.2) is 14.7 Å². The van der Waals surface area contributed by atoms with Crippen molar-refractivity contribution in [1.29, 1.82) is 0 Å². The zero-order valence-electron chi connectivity index (χ0n) is 10.5. The minimum atomic E-state index is -4.44. The number of aromatic nitrogens is 2. The molecular weight excluding hydrogens is 287 g/mol. The molecule has 0 aliphatic rings. The van der Waals surface area contributed by atoms with Crippen LogP contribution in [0.15, 0.2) is 35.7 Å². The highest BCUT2D eigenvalue weighted by Gasteiger charge is 2.33. The highest BCUT2D eigenvalue weighted by molar-refractivity contribution is 7.78. The number of halogens is 3. The normalized spacial score (nSPS) is 11.2. The lowest BCUT2D eigenvalue weighted by Crippen LogP contribution is -2.10. The second-order valence-electron chi connectivity index (χ2n) is 4.21. The molecule has 7 heteroatoms. The number of hydrogen-bond acceptors (Lipinski definition) is 3. The van der Waals surface area contributed by atoms with Gasteiger partial charge in [-0.3, -0.25) is 0 Å². The minimum absolute atomic E-state index is 0.140. The lowest BCUT2D eigenvalue weighted by Gasteiger charge is -2.13. The van der Waals surface area contributed by atoms with E-state index in [0.717, 1.165) is 6.07 Å². The van der Waals surface area contributed by atoms with Gasteiger partial charge in [0, 0.05) is 25.4 Å². The van der Waals surface area contributed by atoms with Gasteiger partial charge in [-0.05, 0) is 29.9 Å². The molecule has 0 aliphatic heterocycles. The van der Waals surface area contributed by atoms with Crippen LogP contribution in [0.1, 0.15) is 16.8 Å². The Bertz CT molecular complexity index is 670. The van der Waals surface area contributed by atoms with Crippen molar-refractivity contribution in [2.24, 2.45) is 12.0 Å². The molecule has 3 nitrogen and oxygen atoms in total. The summed E-state index contributed by atoms with van der Waals surface area (Å²) in [5.74, 6) is 0. The van der Waals surface area contributed by atoms with Gasteiger partial charge in [0.25, 0.3) is 0 Å². The summed E-state index contributed by atoms with van der Waals surface area (Å²) < 4.78 is 40.9. The van der Waals surface area contributed by atoms with E-state index in [-0.39, 0.29) is 17.7 Å². The van der Waals surface area contributed by atoms with E-state index in [2.05, 4.69) is 27.4 Å². The van der Waals surface area contributed by atoms with Gasteiger partial charge in [0.05, 0.1) is 22.7 Å². The number of isothiocyanates is 1. The van der Waals surface area contributed by atoms with E-state index in [0.29, 0.717) is 5.69 Å². The van der Waals surface area contributed by atoms with Crippen molar-refractivity contribution in [2.45, 2.75) is 12.6 Å². The van der Waals surface area contributed by atoms with E-state index < -0.39 is 11.7 Å². The Labute approximate surface area is 118 Å². The molecule has 1 aromatic heterocycles. The third-order valence-electron chi connectivity index (χ3n) is 2.86. The molecule has 0 N–H and O–H groups in total. The molecule has 0 radical (unpaired) electrons. The van der Waals surface area contributed by atoms with Crippen LogP contribution < -0.4 is 0 Å². The summed E-state index contributed by atoms with van der Waals surface area (Å²) in [4.78, 5) is 7.48. The molecule has 1 aromatic carbocycles. The number of aryl methyl sites for hydroxylation is 1. The summed E-state index contributed by atoms with van der Waals surface area (Å²) >= 11 is 4.40. The molecule has 0 fully saturated rings. The van der Waals surface area contributed by atoms with Gasteiger partial charge in [-0.2, -0.15) is 18.2 Å². The van der Waals surface area contributed by atoms with Gasteiger partial charge in [0.1, 0.15) is 0 Å². The highest BCUT2D eigenvalue weighted by atomic mass is 32.1. The number of thiocarbonyl (C=S) groups is 1. The molecule has 0 bridgehead atoms. The SMILES string of the molecule is Cn1cncc1Cc1ccc(N=C=S)cc1C(F)(F)F. The molecule has 2 rings (SSSR count). The van der Waals surface area contributed by atoms with Crippen LogP contribution in [0.25, 0.3) is 0 Å². The largest absolute Gasteiger partial charge is 0.416 e. The van der Waals surface area contributed by atoms with Crippen LogP contribution in [-0.2, 0) is 19.6 Å². The fraction of sp³-hybridized carbons (Fsp3) is 0.231. The molecule has 0 atom stereocenters. The van der Waals surface area contributed by atoms with Gasteiger partial charge in [0.15, 0.2) is 0 Å². The maximum Gasteiger partial charge on any atom is 0.416 e. The van der Waals surface area contributed by atoms with Crippen molar-refractivity contribution in [3.05, 3.63) is 47.5 Å². The minimum Gasteiger partial charge on any atom is -0.337 e. The van der Waals surface area contributed by atoms with Gasteiger partial charge in [0.2, 0.25) is 0 Å². The van der Waals surface area contributed by atoms with E-state index in [1.807, 2.05) is 0 Å². The van der Waals surface area contributed by atoms with Crippen molar-refractivity contribution < 1.29 is 13.2 Å². The van der Waals surface area contributed by atoms with E-state index in [1.165, 1.54) is 12.1 Å². The topological polar surface area (TPSA) is 30.2 Å². The molecule has 1 heterocycles. The van der Waals surface area contributed by atoms with Crippen LogP contribution in [0.5, 0.6) is 0 Å². The Balaban J connectivity index is 2.47. The van der Waals surface area contributed by atoms with Gasteiger partial charge in [-0.1, -0.05) is 6.07 Å². The number of nitrogens with zero attached hydrogens (tertiary/aromatic N) is 3. The lowest BCUT2D eigenvalue weighted by molar-refractivity contribution is -0.138. The number of rotatable bonds is 3. The molecule has 0 amide bonds. The van der Waals surface area contributed by atoms with Crippen molar-refractivity contribution >= 4 is 23.1 Å². The standard InChI is InChI=1S/C13H10F3N3S/c1-19-7-17-6-11(19)4-9-2-3-10(18-8-20)5-12(9)13(14,15)16/h2-3,5-7H,4H2,1H3. The third kappa shape index (κ3) is 3.12. The van der Waals surface area contributed by atoms with Crippen molar-refractivity contribution in [1.82, 2.24) is 9.55 Å². The van der Waals surface area contributed by atoms with Crippen molar-refractivity contribution in [2.75, 3.05) is 0 Å². The summed E-state index contributed by atoms with van der Waals surface area (Å²) in [6.07, 6.45) is -1.20. The molecule has 2 aromatic rings. The molecule has 20 heavy (non-hydrogen) atoms. The fourth-order valence-electron chi connectivity index (χ4n) is 1.85. The molecule has 0 unspecified atom stereocenters. The van der Waals surface area contributed by atoms with Crippen LogP contribution >= 0.6 is 12.2 Å². The highest BCUT2D eigenvalue weighted by Crippen LogP contribution is 2.35. The van der Waals surface area contributed by atoms with Gasteiger partial charge >= 0.3 is 6.18 Å². The Morgan fingerprint density at radius 2 is 2.15 bits per heavy atom. The van der Waals surface area contributed by atoms with E-state index in [9.17, 15) is 13.2 Å². The van der Waals surface area contributed by atoms with Crippen LogP contribution in [0.3, 0.4) is 0 Å². The molecule has 0 saturated carbocycles. The maximum absolute atomic E-state index is 13.1. The lowest BCUT2D eigenvalue weighted by atomic mass is 10.0. The van der Waals surface area contributed by atoms with Crippen LogP contribution in [0.2, 0.25) is 0 Å². The first kappa shape index (κ1) is 14.4. The van der Waals surface area contributed by atoms with Gasteiger partial charge < -0.3 is 4.57 Å². The van der Waals surface area contributed by atoms with Gasteiger partial charge in [-0.15, -0.1) is 0 Å². The number of alkyl halides is 3. The molecule has 0 saturated heterocycles. The van der Waals surface area contributed by atoms with E-state index >= 15 is 0 Å². The summed E-state index contributed by atoms with van der Waals surface area (Å²) in [6, 6.07) is 3.87. The Morgan fingerprint density at radius 3 is 2.70 bits per heavy atom. The van der Waals surface area contributed by atoms with E-state index in [1.54, 1.807) is 24.1 Å². The first-order valence-electron chi connectivity index (χ1n) is 5.65. The number of imidazole rings is 1. The monoisotopic (exact) mass is 297 g/mol. The van der Waals surface area contributed by atoms with E-state index in [4.69, 9.17) is 0 Å². The zero-order valence-corrected chi connectivity index (χ0v) is 11.3. The quantitative estimate of drug-likeness (QED) is 0.638. The van der Waals surface area contributed by atoms with Gasteiger partial charge in [-0.25, -0.2) is 4.98 Å². The summed E-state index contributed by atoms with van der Waals surface area (Å²) in [7, 11) is 1.74. The average molecular weight is 297 g/mol. The average Bonchev–Trinajstić information content (AvgIpc) is 2.76. The first-order valence-corrected chi connectivity index (χ1v) is 6.06. The van der Waals surface area contributed by atoms with Crippen molar-refractivity contribution in [3.8, 4) is 0 Å². The summed E-state index contributed by atoms with van der Waals surface area (Å²) in [6.45, 7) is 0. The summed E-state index contributed by atoms with van der Waals surface area (Å²) in [5, 5.41) is 2.06. The second-order valence-corrected chi connectivity index (χ2v) is 4.40. The smallest absolute Gasteiger partial charge is 0.337 e. The number of hydrogen-bond donors (Lipinski definition) is 0. The number of benzene rings is 1.